The molecule has 166 valence electrons. The molecule has 0 radical (unpaired) electrons. The Hall–Kier alpha value is -2.18. The molecule has 1 fully saturated rings. The molecule has 12 heteroatoms. The van der Waals surface area contributed by atoms with Crippen LogP contribution in [0.15, 0.2) is 46.5 Å². The number of amides is 1. The predicted octanol–water partition coefficient (Wildman–Crippen LogP) is 2.27. The largest absolute Gasteiger partial charge is 0.452 e. The van der Waals surface area contributed by atoms with Gasteiger partial charge in [-0.15, -0.1) is 11.8 Å². The molecule has 9 nitrogen and oxygen atoms in total. The summed E-state index contributed by atoms with van der Waals surface area (Å²) in [4.78, 5) is 28.6. The highest BCUT2D eigenvalue weighted by molar-refractivity contribution is 7.98. The summed E-state index contributed by atoms with van der Waals surface area (Å²) < 4.78 is 37.2. The number of anilines is 1. The van der Waals surface area contributed by atoms with Gasteiger partial charge in [0.15, 0.2) is 6.61 Å². The third-order valence-corrected chi connectivity index (χ3v) is 7.27. The van der Waals surface area contributed by atoms with E-state index in [-0.39, 0.29) is 34.3 Å². The molecule has 1 N–H and O–H groups in total. The number of sulfonamides is 1. The maximum Gasteiger partial charge on any atom is 0.341 e. The van der Waals surface area contributed by atoms with Gasteiger partial charge in [0.2, 0.25) is 10.0 Å². The van der Waals surface area contributed by atoms with Crippen LogP contribution >= 0.6 is 23.4 Å². The molecule has 1 aliphatic heterocycles. The number of hydrogen-bond donors (Lipinski definition) is 1. The maximum absolute atomic E-state index is 12.8. The van der Waals surface area contributed by atoms with Crippen LogP contribution in [0, 0.1) is 0 Å². The zero-order valence-corrected chi connectivity index (χ0v) is 18.9. The molecular weight excluding hydrogens is 466 g/mol. The smallest absolute Gasteiger partial charge is 0.341 e. The number of nitrogens with one attached hydrogen (secondary N) is 1. The number of esters is 1. The Labute approximate surface area is 189 Å². The van der Waals surface area contributed by atoms with Crippen LogP contribution in [-0.4, -0.2) is 68.7 Å². The van der Waals surface area contributed by atoms with Crippen LogP contribution in [0.25, 0.3) is 0 Å². The molecule has 0 spiro atoms. The van der Waals surface area contributed by atoms with Gasteiger partial charge in [0, 0.05) is 19.3 Å². The van der Waals surface area contributed by atoms with Gasteiger partial charge in [-0.1, -0.05) is 11.6 Å². The second-order valence-corrected chi connectivity index (χ2v) is 9.48. The molecule has 1 aliphatic rings. The van der Waals surface area contributed by atoms with E-state index in [1.54, 1.807) is 24.6 Å². The number of halogens is 1. The van der Waals surface area contributed by atoms with Crippen molar-refractivity contribution in [3.63, 3.8) is 0 Å². The van der Waals surface area contributed by atoms with Gasteiger partial charge in [0.25, 0.3) is 5.91 Å². The molecule has 0 bridgehead atoms. The zero-order chi connectivity index (χ0) is 22.4. The van der Waals surface area contributed by atoms with Gasteiger partial charge >= 0.3 is 5.97 Å². The van der Waals surface area contributed by atoms with E-state index in [0.29, 0.717) is 18.2 Å². The number of morpholine rings is 1. The van der Waals surface area contributed by atoms with Gasteiger partial charge in [0.1, 0.15) is 5.03 Å². The minimum Gasteiger partial charge on any atom is -0.452 e. The van der Waals surface area contributed by atoms with E-state index in [9.17, 15) is 18.0 Å². The number of hydrogen-bond acceptors (Lipinski definition) is 8. The van der Waals surface area contributed by atoms with Gasteiger partial charge < -0.3 is 14.8 Å². The summed E-state index contributed by atoms with van der Waals surface area (Å²) in [6, 6.07) is 7.18. The van der Waals surface area contributed by atoms with Crippen molar-refractivity contribution in [1.29, 1.82) is 0 Å². The molecule has 2 heterocycles. The molecule has 1 aromatic heterocycles. The summed E-state index contributed by atoms with van der Waals surface area (Å²) >= 11 is 7.39. The van der Waals surface area contributed by atoms with Crippen molar-refractivity contribution in [1.82, 2.24) is 9.29 Å². The van der Waals surface area contributed by atoms with E-state index in [4.69, 9.17) is 21.1 Å². The van der Waals surface area contributed by atoms with Gasteiger partial charge in [-0.3, -0.25) is 4.79 Å². The predicted molar refractivity (Wildman–Crippen MR) is 116 cm³/mol. The highest BCUT2D eigenvalue weighted by atomic mass is 35.5. The van der Waals surface area contributed by atoms with Crippen molar-refractivity contribution >= 4 is 50.9 Å². The fourth-order valence-corrected chi connectivity index (χ4v) is 4.94. The van der Waals surface area contributed by atoms with Crippen LogP contribution < -0.4 is 5.32 Å². The molecule has 0 aliphatic carbocycles. The minimum atomic E-state index is -3.76. The Morgan fingerprint density at radius 3 is 2.74 bits per heavy atom. The highest BCUT2D eigenvalue weighted by Gasteiger charge is 2.27. The lowest BCUT2D eigenvalue weighted by Crippen LogP contribution is -2.40. The topological polar surface area (TPSA) is 115 Å². The van der Waals surface area contributed by atoms with Crippen molar-refractivity contribution in [2.45, 2.75) is 9.92 Å². The zero-order valence-electron chi connectivity index (χ0n) is 16.5. The first-order chi connectivity index (χ1) is 14.8. The number of ether oxygens (including phenoxy) is 2. The quantitative estimate of drug-likeness (QED) is 0.469. The Balaban J connectivity index is 1.67. The number of carbonyl (C=O) groups excluding carboxylic acids is 2. The van der Waals surface area contributed by atoms with Crippen LogP contribution in [0.3, 0.4) is 0 Å². The fraction of sp³-hybridized carbons (Fsp3) is 0.316. The van der Waals surface area contributed by atoms with E-state index in [1.807, 2.05) is 0 Å². The molecular formula is C19H20ClN3O6S2. The first kappa shape index (κ1) is 23.5. The van der Waals surface area contributed by atoms with Crippen LogP contribution in [0.2, 0.25) is 5.02 Å². The van der Waals surface area contributed by atoms with E-state index in [2.05, 4.69) is 10.3 Å². The third-order valence-electron chi connectivity index (χ3n) is 4.34. The first-order valence-corrected chi connectivity index (χ1v) is 12.2. The van der Waals surface area contributed by atoms with Crippen LogP contribution in [0.4, 0.5) is 5.69 Å². The number of pyridine rings is 1. The van der Waals surface area contributed by atoms with E-state index in [1.165, 1.54) is 34.3 Å². The lowest BCUT2D eigenvalue weighted by atomic mass is 10.3. The lowest BCUT2D eigenvalue weighted by molar-refractivity contribution is -0.119. The fourth-order valence-electron chi connectivity index (χ4n) is 2.80. The minimum absolute atomic E-state index is 0.00827. The van der Waals surface area contributed by atoms with E-state index in [0.717, 1.165) is 0 Å². The molecule has 3 rings (SSSR count). The van der Waals surface area contributed by atoms with Gasteiger partial charge in [-0.2, -0.15) is 4.31 Å². The van der Waals surface area contributed by atoms with Crippen LogP contribution in [0.1, 0.15) is 10.4 Å². The Bertz CT molecular complexity index is 1070. The summed E-state index contributed by atoms with van der Waals surface area (Å²) in [6.07, 6.45) is 3.32. The van der Waals surface area contributed by atoms with Crippen molar-refractivity contribution < 1.29 is 27.5 Å². The summed E-state index contributed by atoms with van der Waals surface area (Å²) in [5.74, 6) is -1.35. The summed E-state index contributed by atoms with van der Waals surface area (Å²) in [6.45, 7) is 0.552. The number of carbonyl (C=O) groups is 2. The molecule has 0 atom stereocenters. The number of thioether (sulfide) groups is 1. The van der Waals surface area contributed by atoms with Gasteiger partial charge in [-0.05, 0) is 36.6 Å². The summed E-state index contributed by atoms with van der Waals surface area (Å²) in [5, 5.41) is 3.12. The Morgan fingerprint density at radius 2 is 2.03 bits per heavy atom. The molecule has 2 aromatic rings. The van der Waals surface area contributed by atoms with Gasteiger partial charge in [-0.25, -0.2) is 18.2 Å². The number of aromatic nitrogens is 1. The SMILES string of the molecule is CSc1ncccc1C(=O)OCC(=O)Nc1cc(S(=O)(=O)N2CCOCC2)ccc1Cl. The number of benzene rings is 1. The summed E-state index contributed by atoms with van der Waals surface area (Å²) in [5.41, 5.74) is 0.350. The van der Waals surface area contributed by atoms with Crippen molar-refractivity contribution in [2.75, 3.05) is 44.5 Å². The first-order valence-electron chi connectivity index (χ1n) is 9.16. The van der Waals surface area contributed by atoms with Crippen molar-refractivity contribution in [3.05, 3.63) is 47.1 Å². The molecule has 1 saturated heterocycles. The Kier molecular flexibility index (Phi) is 7.89. The van der Waals surface area contributed by atoms with E-state index >= 15 is 0 Å². The van der Waals surface area contributed by atoms with E-state index < -0.39 is 28.5 Å². The number of nitrogens with zero attached hydrogens (tertiary/aromatic N) is 2. The number of rotatable bonds is 7. The standard InChI is InChI=1S/C19H20ClN3O6S2/c1-30-18-14(3-2-6-21-18)19(25)29-12-17(24)22-16-11-13(4-5-15(16)20)31(26,27)23-7-9-28-10-8-23/h2-6,11H,7-10,12H2,1H3,(H,22,24). The third kappa shape index (κ3) is 5.74. The second-order valence-electron chi connectivity index (χ2n) is 6.34. The molecule has 0 saturated carbocycles. The molecule has 0 unspecified atom stereocenters. The second kappa shape index (κ2) is 10.4. The molecule has 1 amide bonds. The molecule has 1 aromatic carbocycles. The highest BCUT2D eigenvalue weighted by Crippen LogP contribution is 2.27. The van der Waals surface area contributed by atoms with Crippen molar-refractivity contribution in [3.8, 4) is 0 Å². The van der Waals surface area contributed by atoms with Crippen molar-refractivity contribution in [2.24, 2.45) is 0 Å². The van der Waals surface area contributed by atoms with Crippen LogP contribution in [-0.2, 0) is 24.3 Å². The monoisotopic (exact) mass is 485 g/mol. The lowest BCUT2D eigenvalue weighted by Gasteiger charge is -2.26. The average molecular weight is 486 g/mol. The normalized spacial score (nSPS) is 14.8. The van der Waals surface area contributed by atoms with Crippen LogP contribution in [0.5, 0.6) is 0 Å². The molecule has 31 heavy (non-hydrogen) atoms. The average Bonchev–Trinajstić information content (AvgIpc) is 2.79. The maximum atomic E-state index is 12.8. The summed E-state index contributed by atoms with van der Waals surface area (Å²) in [7, 11) is -3.76. The Morgan fingerprint density at radius 1 is 1.29 bits per heavy atom. The van der Waals surface area contributed by atoms with Gasteiger partial charge in [0.05, 0.1) is 34.4 Å².